The average molecular weight is 476 g/mol. The number of piperidine rings is 1. The van der Waals surface area contributed by atoms with Crippen LogP contribution in [-0.2, 0) is 9.59 Å². The number of ether oxygens (including phenoxy) is 1. The van der Waals surface area contributed by atoms with Gasteiger partial charge < -0.3 is 9.64 Å². The Morgan fingerprint density at radius 2 is 1.85 bits per heavy atom. The summed E-state index contributed by atoms with van der Waals surface area (Å²) in [7, 11) is 0. The van der Waals surface area contributed by atoms with Crippen LogP contribution in [0.4, 0.5) is 10.8 Å². The molecule has 0 bridgehead atoms. The third-order valence-electron chi connectivity index (χ3n) is 5.82. The molecule has 3 aromatic rings. The molecule has 34 heavy (non-hydrogen) atoms. The zero-order chi connectivity index (χ0) is 24.1. The number of amides is 2. The molecule has 0 radical (unpaired) electrons. The van der Waals surface area contributed by atoms with Crippen LogP contribution in [0, 0.1) is 13.8 Å². The summed E-state index contributed by atoms with van der Waals surface area (Å²) in [4.78, 5) is 32.9. The van der Waals surface area contributed by atoms with Crippen LogP contribution >= 0.6 is 11.3 Å². The number of para-hydroxylation sites is 1. The van der Waals surface area contributed by atoms with Crippen LogP contribution < -0.4 is 9.64 Å². The third kappa shape index (κ3) is 5.72. The van der Waals surface area contributed by atoms with Gasteiger partial charge in [-0.2, -0.15) is 0 Å². The number of anilines is 2. The van der Waals surface area contributed by atoms with Gasteiger partial charge in [0.25, 0.3) is 0 Å². The second-order valence-electron chi connectivity index (χ2n) is 8.49. The largest absolute Gasteiger partial charge is 0.490 e. The summed E-state index contributed by atoms with van der Waals surface area (Å²) in [6.45, 7) is 6.95. The zero-order valence-corrected chi connectivity index (χ0v) is 20.5. The Hall–Kier alpha value is -3.45. The number of nitrogens with zero attached hydrogens (tertiary/aromatic N) is 3. The van der Waals surface area contributed by atoms with E-state index in [1.54, 1.807) is 17.1 Å². The highest BCUT2D eigenvalue weighted by Crippen LogP contribution is 2.29. The fraction of sp³-hybridized carbons (Fsp3) is 0.296. The molecule has 0 N–H and O–H groups in total. The van der Waals surface area contributed by atoms with Gasteiger partial charge in [0.15, 0.2) is 5.13 Å². The molecule has 0 spiro atoms. The minimum Gasteiger partial charge on any atom is -0.490 e. The lowest BCUT2D eigenvalue weighted by molar-refractivity contribution is -0.127. The number of aromatic nitrogens is 1. The fourth-order valence-corrected chi connectivity index (χ4v) is 4.78. The van der Waals surface area contributed by atoms with Crippen molar-refractivity contribution in [2.75, 3.05) is 18.0 Å². The molecule has 7 heteroatoms. The molecule has 1 aromatic heterocycles. The molecule has 0 atom stereocenters. The molecule has 6 nitrogen and oxygen atoms in total. The molecular weight excluding hydrogens is 446 g/mol. The van der Waals surface area contributed by atoms with Crippen LogP contribution in [0.25, 0.3) is 6.08 Å². The van der Waals surface area contributed by atoms with E-state index in [-0.39, 0.29) is 17.9 Å². The first-order valence-electron chi connectivity index (χ1n) is 11.4. The van der Waals surface area contributed by atoms with Crippen molar-refractivity contribution in [1.29, 1.82) is 0 Å². The smallest absolute Gasteiger partial charge is 0.246 e. The highest BCUT2D eigenvalue weighted by molar-refractivity contribution is 7.14. The number of carbonyl (C=O) groups is 2. The summed E-state index contributed by atoms with van der Waals surface area (Å²) >= 11 is 1.37. The third-order valence-corrected chi connectivity index (χ3v) is 6.66. The summed E-state index contributed by atoms with van der Waals surface area (Å²) in [5.74, 6) is 0.781. The van der Waals surface area contributed by atoms with Gasteiger partial charge in [-0.05, 0) is 49.2 Å². The van der Waals surface area contributed by atoms with E-state index in [4.69, 9.17) is 4.74 Å². The van der Waals surface area contributed by atoms with Gasteiger partial charge in [-0.1, -0.05) is 30.3 Å². The molecule has 2 heterocycles. The highest BCUT2D eigenvalue weighted by Gasteiger charge is 2.23. The Bertz CT molecular complexity index is 1180. The number of likely N-dealkylation sites (tertiary alicyclic amines) is 1. The van der Waals surface area contributed by atoms with Crippen LogP contribution in [0.1, 0.15) is 36.6 Å². The van der Waals surface area contributed by atoms with E-state index >= 15 is 0 Å². The number of hydrogen-bond acceptors (Lipinski definition) is 5. The molecule has 2 aromatic carbocycles. The molecule has 1 aliphatic heterocycles. The van der Waals surface area contributed by atoms with Gasteiger partial charge in [-0.25, -0.2) is 4.98 Å². The van der Waals surface area contributed by atoms with E-state index in [1.807, 2.05) is 40.6 Å². The van der Waals surface area contributed by atoms with Crippen LogP contribution in [0.3, 0.4) is 0 Å². The minimum atomic E-state index is -0.113. The first-order chi connectivity index (χ1) is 16.4. The molecule has 1 aliphatic rings. The van der Waals surface area contributed by atoms with E-state index in [2.05, 4.69) is 37.0 Å². The summed E-state index contributed by atoms with van der Waals surface area (Å²) < 4.78 is 6.21. The number of thiazole rings is 1. The van der Waals surface area contributed by atoms with E-state index in [0.717, 1.165) is 29.8 Å². The molecule has 4 rings (SSSR count). The van der Waals surface area contributed by atoms with E-state index in [1.165, 1.54) is 23.8 Å². The lowest BCUT2D eigenvalue weighted by atomic mass is 10.1. The molecule has 0 aliphatic carbocycles. The van der Waals surface area contributed by atoms with Crippen LogP contribution in [0.2, 0.25) is 0 Å². The Morgan fingerprint density at radius 1 is 1.12 bits per heavy atom. The van der Waals surface area contributed by atoms with Crippen molar-refractivity contribution in [3.63, 3.8) is 0 Å². The van der Waals surface area contributed by atoms with Gasteiger partial charge in [0.1, 0.15) is 11.9 Å². The summed E-state index contributed by atoms with van der Waals surface area (Å²) in [5.41, 5.74) is 3.73. The van der Waals surface area contributed by atoms with Crippen LogP contribution in [0.5, 0.6) is 5.75 Å². The molecule has 176 valence electrons. The van der Waals surface area contributed by atoms with E-state index < -0.39 is 0 Å². The quantitative estimate of drug-likeness (QED) is 0.440. The number of carbonyl (C=O) groups excluding carboxylic acids is 2. The van der Waals surface area contributed by atoms with Gasteiger partial charge in [-0.15, -0.1) is 11.3 Å². The second-order valence-corrected chi connectivity index (χ2v) is 9.33. The summed E-state index contributed by atoms with van der Waals surface area (Å²) in [5, 5.41) is 2.43. The average Bonchev–Trinajstić information content (AvgIpc) is 3.29. The minimum absolute atomic E-state index is 0.0359. The molecule has 0 unspecified atom stereocenters. The Balaban J connectivity index is 1.34. The van der Waals surface area contributed by atoms with Crippen molar-refractivity contribution in [1.82, 2.24) is 9.88 Å². The first-order valence-corrected chi connectivity index (χ1v) is 12.3. The van der Waals surface area contributed by atoms with Gasteiger partial charge in [-0.3, -0.25) is 14.5 Å². The van der Waals surface area contributed by atoms with Crippen molar-refractivity contribution in [3.05, 3.63) is 76.8 Å². The second kappa shape index (κ2) is 10.7. The fourth-order valence-electron chi connectivity index (χ4n) is 3.93. The summed E-state index contributed by atoms with van der Waals surface area (Å²) in [6.07, 6.45) is 5.00. The topological polar surface area (TPSA) is 62.7 Å². The number of rotatable bonds is 6. The number of aryl methyl sites for hydroxylation is 2. The maximum atomic E-state index is 12.7. The monoisotopic (exact) mass is 475 g/mol. The lowest BCUT2D eigenvalue weighted by Gasteiger charge is -2.32. The Labute approximate surface area is 204 Å². The molecule has 2 amide bonds. The number of benzene rings is 2. The van der Waals surface area contributed by atoms with Crippen molar-refractivity contribution < 1.29 is 14.3 Å². The van der Waals surface area contributed by atoms with E-state index in [0.29, 0.717) is 23.9 Å². The predicted octanol–water partition coefficient (Wildman–Crippen LogP) is 5.53. The number of hydrogen-bond donors (Lipinski definition) is 0. The Morgan fingerprint density at radius 3 is 2.56 bits per heavy atom. The van der Waals surface area contributed by atoms with E-state index in [9.17, 15) is 9.59 Å². The summed E-state index contributed by atoms with van der Waals surface area (Å²) in [6, 6.07) is 15.6. The van der Waals surface area contributed by atoms with Crippen LogP contribution in [0.15, 0.2) is 60.0 Å². The predicted molar refractivity (Wildman–Crippen MR) is 137 cm³/mol. The normalized spacial score (nSPS) is 14.4. The lowest BCUT2D eigenvalue weighted by Crippen LogP contribution is -2.41. The van der Waals surface area contributed by atoms with Crippen molar-refractivity contribution in [2.45, 2.75) is 39.7 Å². The Kier molecular flexibility index (Phi) is 7.43. The van der Waals surface area contributed by atoms with Crippen molar-refractivity contribution >= 4 is 40.0 Å². The van der Waals surface area contributed by atoms with Crippen molar-refractivity contribution in [3.8, 4) is 5.75 Å². The van der Waals surface area contributed by atoms with Gasteiger partial charge in [0.2, 0.25) is 11.8 Å². The van der Waals surface area contributed by atoms with Gasteiger partial charge >= 0.3 is 0 Å². The molecule has 0 saturated carbocycles. The van der Waals surface area contributed by atoms with Crippen LogP contribution in [-0.4, -0.2) is 40.9 Å². The van der Waals surface area contributed by atoms with Crippen molar-refractivity contribution in [2.24, 2.45) is 0 Å². The molecule has 1 saturated heterocycles. The van der Waals surface area contributed by atoms with Gasteiger partial charge in [0, 0.05) is 44.3 Å². The van der Waals surface area contributed by atoms with Gasteiger partial charge in [0.05, 0.1) is 11.4 Å². The standard InChI is InChI=1S/C27H29N3O3S/c1-19-9-10-20(2)25(17-19)33-24-13-15-29(16-14-24)26(32)12-11-22-18-34-27(28-22)30(21(3)31)23-7-5-4-6-8-23/h4-12,17-18,24H,13-16H2,1-3H3/b12-11+. The molecule has 1 fully saturated rings. The maximum Gasteiger partial charge on any atom is 0.246 e. The highest BCUT2D eigenvalue weighted by atomic mass is 32.1. The maximum absolute atomic E-state index is 12.7. The first kappa shape index (κ1) is 23.7. The SMILES string of the molecule is CC(=O)N(c1ccccc1)c1nc(/C=C/C(=O)N2CCC(Oc3cc(C)ccc3C)CC2)cs1. The zero-order valence-electron chi connectivity index (χ0n) is 19.7. The molecular formula is C27H29N3O3S.